The highest BCUT2D eigenvalue weighted by Gasteiger charge is 2.29. The summed E-state index contributed by atoms with van der Waals surface area (Å²) < 4.78 is 8.46. The topological polar surface area (TPSA) is 70.4 Å². The van der Waals surface area contributed by atoms with E-state index in [9.17, 15) is 10.2 Å². The molecule has 1 unspecified atom stereocenters. The Morgan fingerprint density at radius 2 is 1.88 bits per heavy atom. The lowest BCUT2D eigenvalue weighted by atomic mass is 9.95. The first-order chi connectivity index (χ1) is 16.5. The molecule has 0 saturated carbocycles. The molecule has 0 spiro atoms. The molecule has 2 heterocycles. The third-order valence-electron chi connectivity index (χ3n) is 7.19. The van der Waals surface area contributed by atoms with Gasteiger partial charge in [0.05, 0.1) is 23.1 Å². The number of hydrogen-bond donors (Lipinski definition) is 3. The molecule has 1 aliphatic carbocycles. The molecule has 3 N–H and O–H groups in total. The minimum atomic E-state index is -0.0194. The van der Waals surface area contributed by atoms with Gasteiger partial charge in [0.2, 0.25) is 0 Å². The highest BCUT2D eigenvalue weighted by Crippen LogP contribution is 2.50. The van der Waals surface area contributed by atoms with Crippen molar-refractivity contribution in [2.45, 2.75) is 52.4 Å². The van der Waals surface area contributed by atoms with Gasteiger partial charge in [-0.05, 0) is 61.6 Å². The predicted octanol–water partition coefficient (Wildman–Crippen LogP) is 6.42. The first-order valence-electron chi connectivity index (χ1n) is 12.1. The van der Waals surface area contributed by atoms with Crippen LogP contribution in [0.25, 0.3) is 43.7 Å². The first kappa shape index (κ1) is 21.3. The Bertz CT molecular complexity index is 1560. The lowest BCUT2D eigenvalue weighted by molar-refractivity contribution is 0.0179. The molecular weight excluding hydrogens is 424 g/mol. The first-order valence-corrected chi connectivity index (χ1v) is 12.1. The van der Waals surface area contributed by atoms with E-state index < -0.39 is 0 Å². The fraction of sp³-hybridized carbons (Fsp3) is 0.310. The van der Waals surface area contributed by atoms with Gasteiger partial charge >= 0.3 is 0 Å². The molecule has 1 aliphatic rings. The van der Waals surface area contributed by atoms with E-state index in [1.165, 1.54) is 22.2 Å². The van der Waals surface area contributed by atoms with Crippen molar-refractivity contribution in [1.82, 2.24) is 9.55 Å². The lowest BCUT2D eigenvalue weighted by Gasteiger charge is -2.16. The van der Waals surface area contributed by atoms with E-state index in [0.717, 1.165) is 51.2 Å². The Balaban J connectivity index is 1.74. The highest BCUT2D eigenvalue weighted by molar-refractivity contribution is 6.27. The summed E-state index contributed by atoms with van der Waals surface area (Å²) in [4.78, 5) is 3.09. The average Bonchev–Trinajstić information content (AvgIpc) is 3.48. The number of aromatic hydroxyl groups is 1. The van der Waals surface area contributed by atoms with Crippen molar-refractivity contribution in [1.29, 1.82) is 0 Å². The summed E-state index contributed by atoms with van der Waals surface area (Å²) in [7, 11) is 0. The van der Waals surface area contributed by atoms with Gasteiger partial charge in [0, 0.05) is 53.0 Å². The summed E-state index contributed by atoms with van der Waals surface area (Å²) >= 11 is 0. The minimum absolute atomic E-state index is 0.0194. The molecule has 2 aromatic heterocycles. The van der Waals surface area contributed by atoms with Gasteiger partial charge in [-0.1, -0.05) is 30.3 Å². The Labute approximate surface area is 198 Å². The fourth-order valence-corrected chi connectivity index (χ4v) is 5.87. The number of H-pyrrole nitrogens is 1. The number of benzene rings is 3. The van der Waals surface area contributed by atoms with Crippen LogP contribution in [-0.2, 0) is 17.7 Å². The van der Waals surface area contributed by atoms with Crippen molar-refractivity contribution in [3.63, 3.8) is 0 Å². The van der Waals surface area contributed by atoms with Gasteiger partial charge in [0.1, 0.15) is 0 Å². The number of aliphatic hydroxyl groups excluding tert-OH is 1. The van der Waals surface area contributed by atoms with Gasteiger partial charge < -0.3 is 24.5 Å². The maximum absolute atomic E-state index is 10.9. The monoisotopic (exact) mass is 454 g/mol. The summed E-state index contributed by atoms with van der Waals surface area (Å²) in [5, 5.41) is 24.8. The van der Waals surface area contributed by atoms with Crippen LogP contribution < -0.4 is 0 Å². The number of fused-ring (bicyclic) bond motifs is 10. The third kappa shape index (κ3) is 3.00. The molecule has 34 heavy (non-hydrogen) atoms. The van der Waals surface area contributed by atoms with Crippen molar-refractivity contribution in [2.24, 2.45) is 0 Å². The zero-order chi connectivity index (χ0) is 23.6. The van der Waals surface area contributed by atoms with Gasteiger partial charge in [0.25, 0.3) is 0 Å². The molecule has 0 amide bonds. The van der Waals surface area contributed by atoms with Crippen LogP contribution in [0.2, 0.25) is 0 Å². The highest BCUT2D eigenvalue weighted by atomic mass is 16.5. The largest absolute Gasteiger partial charge is 0.494 e. The van der Waals surface area contributed by atoms with Crippen LogP contribution >= 0.6 is 0 Å². The van der Waals surface area contributed by atoms with Crippen LogP contribution in [0.15, 0.2) is 48.7 Å². The maximum Gasteiger partial charge on any atom is 0.197 e. The Morgan fingerprint density at radius 1 is 1.06 bits per heavy atom. The van der Waals surface area contributed by atoms with Crippen molar-refractivity contribution < 1.29 is 14.9 Å². The zero-order valence-electron chi connectivity index (χ0n) is 19.9. The number of rotatable bonds is 6. The third-order valence-corrected chi connectivity index (χ3v) is 7.19. The van der Waals surface area contributed by atoms with E-state index in [1.807, 2.05) is 6.20 Å². The Kier molecular flexibility index (Phi) is 4.94. The normalized spacial score (nSPS) is 13.9. The van der Waals surface area contributed by atoms with Crippen molar-refractivity contribution in [3.05, 3.63) is 65.4 Å². The molecular formula is C29H30N2O3. The van der Waals surface area contributed by atoms with E-state index in [1.54, 1.807) is 0 Å². The second kappa shape index (κ2) is 7.90. The number of aryl methyl sites for hydroxylation is 1. The Morgan fingerprint density at radius 3 is 2.68 bits per heavy atom. The molecule has 0 fully saturated rings. The van der Waals surface area contributed by atoms with Crippen molar-refractivity contribution >= 4 is 32.6 Å². The standard InChI is InChI=1S/C29H30N2O3/c1-16(2)34-17(3)18-9-10-24-21(13-18)26-23-15-30-29(33)27(23)25-20-8-5-4-7-19(20)14-22(25)28(26)31(24)11-6-12-32/h4-5,7-10,13,15-17,30,32-33H,6,11-12,14H2,1-3H3. The number of aromatic amines is 1. The molecule has 5 aromatic rings. The summed E-state index contributed by atoms with van der Waals surface area (Å²) in [5.41, 5.74) is 8.34. The number of aliphatic hydroxyl groups is 1. The summed E-state index contributed by atoms with van der Waals surface area (Å²) in [6, 6.07) is 15.1. The van der Waals surface area contributed by atoms with Crippen molar-refractivity contribution in [3.8, 4) is 17.0 Å². The molecule has 5 heteroatoms. The van der Waals surface area contributed by atoms with Crippen LogP contribution in [0, 0.1) is 0 Å². The van der Waals surface area contributed by atoms with E-state index in [-0.39, 0.29) is 24.7 Å². The smallest absolute Gasteiger partial charge is 0.197 e. The number of aromatic nitrogens is 2. The van der Waals surface area contributed by atoms with Gasteiger partial charge in [-0.3, -0.25) is 0 Å². The molecule has 5 nitrogen and oxygen atoms in total. The van der Waals surface area contributed by atoms with Crippen LogP contribution in [0.1, 0.15) is 50.0 Å². The van der Waals surface area contributed by atoms with E-state index in [2.05, 4.69) is 72.8 Å². The van der Waals surface area contributed by atoms with Gasteiger partial charge in [-0.15, -0.1) is 0 Å². The predicted molar refractivity (Wildman–Crippen MR) is 138 cm³/mol. The molecule has 3 aromatic carbocycles. The average molecular weight is 455 g/mol. The number of nitrogens with one attached hydrogen (secondary N) is 1. The Hall–Kier alpha value is -3.28. The van der Waals surface area contributed by atoms with Crippen LogP contribution in [0.4, 0.5) is 0 Å². The lowest BCUT2D eigenvalue weighted by Crippen LogP contribution is -2.07. The fourth-order valence-electron chi connectivity index (χ4n) is 5.87. The number of nitrogens with zero attached hydrogens (tertiary/aromatic N) is 1. The van der Waals surface area contributed by atoms with Gasteiger partial charge in [-0.25, -0.2) is 0 Å². The molecule has 6 rings (SSSR count). The molecule has 0 bridgehead atoms. The van der Waals surface area contributed by atoms with Crippen LogP contribution in [0.5, 0.6) is 5.88 Å². The minimum Gasteiger partial charge on any atom is -0.494 e. The zero-order valence-corrected chi connectivity index (χ0v) is 19.9. The number of hydrogen-bond acceptors (Lipinski definition) is 3. The van der Waals surface area contributed by atoms with E-state index >= 15 is 0 Å². The molecule has 0 saturated heterocycles. The molecule has 0 aliphatic heterocycles. The van der Waals surface area contributed by atoms with Crippen LogP contribution in [-0.4, -0.2) is 32.5 Å². The van der Waals surface area contributed by atoms with Crippen molar-refractivity contribution in [2.75, 3.05) is 6.61 Å². The maximum atomic E-state index is 10.9. The quantitative estimate of drug-likeness (QED) is 0.272. The summed E-state index contributed by atoms with van der Waals surface area (Å²) in [5.74, 6) is 0.216. The molecule has 174 valence electrons. The van der Waals surface area contributed by atoms with Gasteiger partial charge in [0.15, 0.2) is 5.88 Å². The molecule has 1 atom stereocenters. The second-order valence-electron chi connectivity index (χ2n) is 9.67. The summed E-state index contributed by atoms with van der Waals surface area (Å²) in [6.07, 6.45) is 3.58. The SMILES string of the molecule is CC(C)OC(C)c1ccc2c(c1)c1c3c[nH]c(O)c3c3c(c1n2CCCO)Cc1ccccc1-3. The molecule has 0 radical (unpaired) electrons. The second-order valence-corrected chi connectivity index (χ2v) is 9.67. The van der Waals surface area contributed by atoms with E-state index in [4.69, 9.17) is 4.74 Å². The van der Waals surface area contributed by atoms with E-state index in [0.29, 0.717) is 6.42 Å². The van der Waals surface area contributed by atoms with Gasteiger partial charge in [-0.2, -0.15) is 0 Å². The summed E-state index contributed by atoms with van der Waals surface area (Å²) in [6.45, 7) is 7.09. The number of ether oxygens (including phenoxy) is 1. The van der Waals surface area contributed by atoms with Crippen LogP contribution in [0.3, 0.4) is 0 Å².